The summed E-state index contributed by atoms with van der Waals surface area (Å²) in [5.74, 6) is 1.62. The third kappa shape index (κ3) is 3.71. The third-order valence-electron chi connectivity index (χ3n) is 1.96. The molecule has 1 aromatic heterocycles. The second kappa shape index (κ2) is 6.02. The second-order valence-corrected chi connectivity index (χ2v) is 4.99. The van der Waals surface area contributed by atoms with E-state index in [1.54, 1.807) is 0 Å². The lowest BCUT2D eigenvalue weighted by Crippen LogP contribution is -1.94. The van der Waals surface area contributed by atoms with Crippen LogP contribution in [-0.2, 0) is 0 Å². The van der Waals surface area contributed by atoms with Gasteiger partial charge in [0.15, 0.2) is 0 Å². The van der Waals surface area contributed by atoms with Gasteiger partial charge in [0, 0.05) is 5.38 Å². The molecule has 2 rings (SSSR count). The minimum absolute atomic E-state index is 0.624. The Morgan fingerprint density at radius 1 is 1.24 bits per heavy atom. The molecular formula is C12H12BrNO2S. The minimum Gasteiger partial charge on any atom is -0.494 e. The Morgan fingerprint density at radius 2 is 1.94 bits per heavy atom. The van der Waals surface area contributed by atoms with Crippen LogP contribution in [0.25, 0.3) is 0 Å². The normalized spacial score (nSPS) is 10.2. The molecule has 1 aromatic carbocycles. The van der Waals surface area contributed by atoms with Crippen molar-refractivity contribution in [3.05, 3.63) is 34.2 Å². The Balaban J connectivity index is 1.98. The lowest BCUT2D eigenvalue weighted by atomic mass is 10.3. The third-order valence-corrected chi connectivity index (χ3v) is 3.38. The molecular weight excluding hydrogens is 302 g/mol. The van der Waals surface area contributed by atoms with Gasteiger partial charge in [-0.2, -0.15) is 4.98 Å². The fourth-order valence-electron chi connectivity index (χ4n) is 1.21. The average molecular weight is 314 g/mol. The number of thiazole rings is 1. The molecule has 0 saturated carbocycles. The molecule has 0 fully saturated rings. The standard InChI is InChI=1S/C12H12BrNO2S/c1-2-7-15-9-3-5-10(6-4-9)16-12-14-11(13)8-17-12/h3-6,8H,2,7H2,1H3. The number of benzene rings is 1. The molecule has 0 aliphatic carbocycles. The molecule has 2 aromatic rings. The monoisotopic (exact) mass is 313 g/mol. The van der Waals surface area contributed by atoms with Crippen LogP contribution >= 0.6 is 27.3 Å². The maximum atomic E-state index is 5.58. The van der Waals surface area contributed by atoms with Crippen LogP contribution in [-0.4, -0.2) is 11.6 Å². The summed E-state index contributed by atoms with van der Waals surface area (Å²) in [7, 11) is 0. The fraction of sp³-hybridized carbons (Fsp3) is 0.250. The zero-order valence-corrected chi connectivity index (χ0v) is 11.8. The van der Waals surface area contributed by atoms with Gasteiger partial charge in [-0.25, -0.2) is 0 Å². The topological polar surface area (TPSA) is 31.4 Å². The molecule has 17 heavy (non-hydrogen) atoms. The van der Waals surface area contributed by atoms with Crippen LogP contribution in [0, 0.1) is 0 Å². The Kier molecular flexibility index (Phi) is 4.39. The van der Waals surface area contributed by atoms with E-state index in [9.17, 15) is 0 Å². The zero-order chi connectivity index (χ0) is 12.1. The predicted octanol–water partition coefficient (Wildman–Crippen LogP) is 4.49. The maximum Gasteiger partial charge on any atom is 0.279 e. The number of hydrogen-bond donors (Lipinski definition) is 0. The summed E-state index contributed by atoms with van der Waals surface area (Å²) in [5, 5.41) is 2.51. The molecule has 0 saturated heterocycles. The number of nitrogens with zero attached hydrogens (tertiary/aromatic N) is 1. The lowest BCUT2D eigenvalue weighted by molar-refractivity contribution is 0.317. The molecule has 0 spiro atoms. The van der Waals surface area contributed by atoms with E-state index in [-0.39, 0.29) is 0 Å². The van der Waals surface area contributed by atoms with Gasteiger partial charge in [0.05, 0.1) is 6.61 Å². The fourth-order valence-corrected chi connectivity index (χ4v) is 2.32. The van der Waals surface area contributed by atoms with Crippen LogP contribution in [0.5, 0.6) is 16.7 Å². The first-order chi connectivity index (χ1) is 8.28. The highest BCUT2D eigenvalue weighted by Gasteiger charge is 2.02. The minimum atomic E-state index is 0.624. The van der Waals surface area contributed by atoms with E-state index in [1.807, 2.05) is 29.6 Å². The van der Waals surface area contributed by atoms with Crippen molar-refractivity contribution in [1.29, 1.82) is 0 Å². The van der Waals surface area contributed by atoms with Crippen LogP contribution in [0.2, 0.25) is 0 Å². The summed E-state index contributed by atoms with van der Waals surface area (Å²) < 4.78 is 11.9. The molecule has 0 aliphatic heterocycles. The van der Waals surface area contributed by atoms with Crippen molar-refractivity contribution >= 4 is 27.3 Å². The van der Waals surface area contributed by atoms with Gasteiger partial charge in [0.2, 0.25) is 0 Å². The van der Waals surface area contributed by atoms with Gasteiger partial charge in [-0.1, -0.05) is 18.3 Å². The Bertz CT molecular complexity index is 470. The molecule has 0 bridgehead atoms. The molecule has 0 aliphatic rings. The summed E-state index contributed by atoms with van der Waals surface area (Å²) >= 11 is 4.74. The van der Waals surface area contributed by atoms with E-state index in [1.165, 1.54) is 11.3 Å². The number of aromatic nitrogens is 1. The van der Waals surface area contributed by atoms with Crippen molar-refractivity contribution in [3.63, 3.8) is 0 Å². The van der Waals surface area contributed by atoms with E-state index < -0.39 is 0 Å². The van der Waals surface area contributed by atoms with Gasteiger partial charge in [0.25, 0.3) is 5.19 Å². The zero-order valence-electron chi connectivity index (χ0n) is 9.35. The van der Waals surface area contributed by atoms with Crippen LogP contribution < -0.4 is 9.47 Å². The van der Waals surface area contributed by atoms with E-state index in [2.05, 4.69) is 27.8 Å². The summed E-state index contributed by atoms with van der Waals surface area (Å²) in [6.07, 6.45) is 1.01. The Labute approximate surface area is 113 Å². The van der Waals surface area contributed by atoms with E-state index in [4.69, 9.17) is 9.47 Å². The number of halogens is 1. The van der Waals surface area contributed by atoms with Gasteiger partial charge in [-0.15, -0.1) is 0 Å². The summed E-state index contributed by atoms with van der Waals surface area (Å²) in [6, 6.07) is 7.54. The van der Waals surface area contributed by atoms with E-state index in [0.29, 0.717) is 5.19 Å². The second-order valence-electron chi connectivity index (χ2n) is 3.36. The lowest BCUT2D eigenvalue weighted by Gasteiger charge is -2.05. The SMILES string of the molecule is CCCOc1ccc(Oc2nc(Br)cs2)cc1. The Hall–Kier alpha value is -1.07. The van der Waals surface area contributed by atoms with Gasteiger partial charge < -0.3 is 9.47 Å². The van der Waals surface area contributed by atoms with Crippen LogP contribution in [0.3, 0.4) is 0 Å². The number of hydrogen-bond acceptors (Lipinski definition) is 4. The van der Waals surface area contributed by atoms with E-state index in [0.717, 1.165) is 29.1 Å². The molecule has 90 valence electrons. The van der Waals surface area contributed by atoms with Crippen molar-refractivity contribution in [1.82, 2.24) is 4.98 Å². The molecule has 3 nitrogen and oxygen atoms in total. The van der Waals surface area contributed by atoms with Crippen molar-refractivity contribution < 1.29 is 9.47 Å². The van der Waals surface area contributed by atoms with Crippen LogP contribution in [0.4, 0.5) is 0 Å². The highest BCUT2D eigenvalue weighted by molar-refractivity contribution is 9.10. The Morgan fingerprint density at radius 3 is 2.53 bits per heavy atom. The first-order valence-corrected chi connectivity index (χ1v) is 6.97. The molecule has 1 heterocycles. The van der Waals surface area contributed by atoms with E-state index >= 15 is 0 Å². The van der Waals surface area contributed by atoms with Crippen molar-refractivity contribution in [3.8, 4) is 16.7 Å². The van der Waals surface area contributed by atoms with Gasteiger partial charge in [0.1, 0.15) is 16.1 Å². The molecule has 5 heteroatoms. The quantitative estimate of drug-likeness (QED) is 0.815. The van der Waals surface area contributed by atoms with Crippen LogP contribution in [0.15, 0.2) is 34.2 Å². The molecule has 0 amide bonds. The van der Waals surface area contributed by atoms with Gasteiger partial charge in [-0.05, 0) is 46.6 Å². The van der Waals surface area contributed by atoms with Crippen molar-refractivity contribution in [2.75, 3.05) is 6.61 Å². The highest BCUT2D eigenvalue weighted by Crippen LogP contribution is 2.28. The first-order valence-electron chi connectivity index (χ1n) is 5.29. The highest BCUT2D eigenvalue weighted by atomic mass is 79.9. The van der Waals surface area contributed by atoms with Crippen molar-refractivity contribution in [2.24, 2.45) is 0 Å². The average Bonchev–Trinajstić information content (AvgIpc) is 2.74. The van der Waals surface area contributed by atoms with Crippen molar-refractivity contribution in [2.45, 2.75) is 13.3 Å². The smallest absolute Gasteiger partial charge is 0.279 e. The van der Waals surface area contributed by atoms with Gasteiger partial charge >= 0.3 is 0 Å². The molecule has 0 radical (unpaired) electrons. The van der Waals surface area contributed by atoms with Crippen LogP contribution in [0.1, 0.15) is 13.3 Å². The number of ether oxygens (including phenoxy) is 2. The summed E-state index contributed by atoms with van der Waals surface area (Å²) in [6.45, 7) is 2.82. The number of rotatable bonds is 5. The van der Waals surface area contributed by atoms with Gasteiger partial charge in [-0.3, -0.25) is 0 Å². The predicted molar refractivity (Wildman–Crippen MR) is 72.1 cm³/mol. The molecule has 0 N–H and O–H groups in total. The maximum absolute atomic E-state index is 5.58. The molecule has 0 unspecified atom stereocenters. The largest absolute Gasteiger partial charge is 0.494 e. The summed E-state index contributed by atoms with van der Waals surface area (Å²) in [5.41, 5.74) is 0. The summed E-state index contributed by atoms with van der Waals surface area (Å²) in [4.78, 5) is 4.16. The molecule has 0 atom stereocenters. The first kappa shape index (κ1) is 12.4.